The van der Waals surface area contributed by atoms with E-state index in [0.717, 1.165) is 5.82 Å². The van der Waals surface area contributed by atoms with Crippen LogP contribution in [0, 0.1) is 0 Å². The molecule has 2 fully saturated rings. The van der Waals surface area contributed by atoms with E-state index in [-0.39, 0.29) is 24.6 Å². The number of carbonyl (C=O) groups is 3. The third kappa shape index (κ3) is 4.62. The molecule has 2 aliphatic rings. The molecule has 1 atom stereocenters. The molecule has 28 heavy (non-hydrogen) atoms. The Bertz CT molecular complexity index is 718. The van der Waals surface area contributed by atoms with Gasteiger partial charge in [-0.1, -0.05) is 0 Å². The van der Waals surface area contributed by atoms with Crippen LogP contribution in [0.3, 0.4) is 0 Å². The van der Waals surface area contributed by atoms with Crippen molar-refractivity contribution in [2.45, 2.75) is 20.0 Å². The molecule has 2 saturated heterocycles. The zero-order chi connectivity index (χ0) is 20.1. The largest absolute Gasteiger partial charge is 0.450 e. The lowest BCUT2D eigenvalue weighted by atomic mass is 10.3. The van der Waals surface area contributed by atoms with E-state index in [1.807, 2.05) is 12.1 Å². The van der Waals surface area contributed by atoms with Crippen LogP contribution in [0.2, 0.25) is 0 Å². The molecule has 3 rings (SSSR count). The van der Waals surface area contributed by atoms with Gasteiger partial charge in [-0.2, -0.15) is 0 Å². The van der Waals surface area contributed by atoms with Crippen molar-refractivity contribution in [1.29, 1.82) is 0 Å². The predicted octanol–water partition coefficient (Wildman–Crippen LogP) is 0.821. The van der Waals surface area contributed by atoms with E-state index in [0.29, 0.717) is 45.0 Å². The van der Waals surface area contributed by atoms with Crippen molar-refractivity contribution in [2.24, 2.45) is 0 Å². The summed E-state index contributed by atoms with van der Waals surface area (Å²) < 4.78 is 10.3. The van der Waals surface area contributed by atoms with E-state index in [1.54, 1.807) is 18.0 Å². The molecule has 3 amide bonds. The van der Waals surface area contributed by atoms with Gasteiger partial charge in [-0.3, -0.25) is 9.69 Å². The zero-order valence-corrected chi connectivity index (χ0v) is 16.1. The van der Waals surface area contributed by atoms with E-state index in [9.17, 15) is 14.4 Å². The van der Waals surface area contributed by atoms with Gasteiger partial charge in [-0.05, 0) is 19.1 Å². The lowest BCUT2D eigenvalue weighted by molar-refractivity contribution is -0.119. The molecule has 152 valence electrons. The summed E-state index contributed by atoms with van der Waals surface area (Å²) >= 11 is 0. The Morgan fingerprint density at radius 2 is 2.04 bits per heavy atom. The van der Waals surface area contributed by atoms with Crippen LogP contribution in [0.15, 0.2) is 18.3 Å². The number of nitrogens with zero attached hydrogens (tertiary/aromatic N) is 4. The smallest absolute Gasteiger partial charge is 0.414 e. The molecular weight excluding hydrogens is 366 g/mol. The van der Waals surface area contributed by atoms with E-state index in [1.165, 1.54) is 11.8 Å². The fraction of sp³-hybridized carbons (Fsp3) is 0.556. The Morgan fingerprint density at radius 3 is 2.64 bits per heavy atom. The highest BCUT2D eigenvalue weighted by Gasteiger charge is 2.32. The molecule has 0 aromatic carbocycles. The molecule has 0 spiro atoms. The summed E-state index contributed by atoms with van der Waals surface area (Å²) in [6, 6.07) is 3.67. The molecule has 0 saturated carbocycles. The van der Waals surface area contributed by atoms with E-state index < -0.39 is 6.09 Å². The number of cyclic esters (lactones) is 1. The van der Waals surface area contributed by atoms with Crippen LogP contribution >= 0.6 is 0 Å². The number of hydrogen-bond acceptors (Lipinski definition) is 7. The number of carbonyl (C=O) groups excluding carboxylic acids is 3. The van der Waals surface area contributed by atoms with Crippen LogP contribution in [0.25, 0.3) is 0 Å². The SMILES string of the molecule is CCOC(=O)N1CCN(c2ccc(N3C[C@H](CNC(C)=O)OC3=O)cn2)CC1. The lowest BCUT2D eigenvalue weighted by Crippen LogP contribution is -2.49. The molecule has 1 N–H and O–H groups in total. The van der Waals surface area contributed by atoms with Gasteiger partial charge in [0.2, 0.25) is 5.91 Å². The molecule has 1 aromatic rings. The normalized spacial score (nSPS) is 19.4. The number of pyridine rings is 1. The number of piperazine rings is 1. The minimum Gasteiger partial charge on any atom is -0.450 e. The highest BCUT2D eigenvalue weighted by molar-refractivity contribution is 5.89. The number of anilines is 2. The number of rotatable bonds is 5. The summed E-state index contributed by atoms with van der Waals surface area (Å²) in [5.74, 6) is 0.623. The predicted molar refractivity (Wildman–Crippen MR) is 101 cm³/mol. The summed E-state index contributed by atoms with van der Waals surface area (Å²) in [4.78, 5) is 44.6. The summed E-state index contributed by atoms with van der Waals surface area (Å²) in [6.45, 7) is 6.70. The third-order valence-electron chi connectivity index (χ3n) is 4.63. The lowest BCUT2D eigenvalue weighted by Gasteiger charge is -2.34. The highest BCUT2D eigenvalue weighted by atomic mass is 16.6. The van der Waals surface area contributed by atoms with Crippen molar-refractivity contribution in [3.63, 3.8) is 0 Å². The van der Waals surface area contributed by atoms with Gasteiger partial charge >= 0.3 is 12.2 Å². The van der Waals surface area contributed by atoms with Gasteiger partial charge in [0, 0.05) is 33.1 Å². The number of nitrogens with one attached hydrogen (secondary N) is 1. The zero-order valence-electron chi connectivity index (χ0n) is 16.1. The number of hydrogen-bond donors (Lipinski definition) is 1. The van der Waals surface area contributed by atoms with Crippen molar-refractivity contribution >= 4 is 29.6 Å². The van der Waals surface area contributed by atoms with Gasteiger partial charge in [-0.15, -0.1) is 0 Å². The maximum atomic E-state index is 12.1. The standard InChI is InChI=1S/C18H25N5O5/c1-3-27-17(25)22-8-6-21(7-9-22)16-5-4-14(10-20-16)23-12-15(28-18(23)26)11-19-13(2)24/h4-5,10,15H,3,6-9,11-12H2,1-2H3,(H,19,24)/t15-/m0/s1. The molecule has 0 unspecified atom stereocenters. The van der Waals surface area contributed by atoms with Gasteiger partial charge in [0.05, 0.1) is 31.6 Å². The van der Waals surface area contributed by atoms with Gasteiger partial charge in [-0.25, -0.2) is 14.6 Å². The van der Waals surface area contributed by atoms with Crippen LogP contribution < -0.4 is 15.1 Å². The maximum absolute atomic E-state index is 12.1. The highest BCUT2D eigenvalue weighted by Crippen LogP contribution is 2.23. The van der Waals surface area contributed by atoms with Crippen LogP contribution in [-0.4, -0.2) is 80.0 Å². The summed E-state index contributed by atoms with van der Waals surface area (Å²) in [5, 5.41) is 2.65. The van der Waals surface area contributed by atoms with Crippen LogP contribution in [0.1, 0.15) is 13.8 Å². The first-order chi connectivity index (χ1) is 13.5. The Labute approximate surface area is 163 Å². The van der Waals surface area contributed by atoms with Crippen LogP contribution in [-0.2, 0) is 14.3 Å². The minimum atomic E-state index is -0.451. The Morgan fingerprint density at radius 1 is 1.29 bits per heavy atom. The number of ether oxygens (including phenoxy) is 2. The molecule has 0 aliphatic carbocycles. The van der Waals surface area contributed by atoms with Crippen molar-refractivity contribution in [3.05, 3.63) is 18.3 Å². The van der Waals surface area contributed by atoms with Gasteiger partial charge < -0.3 is 24.6 Å². The number of aromatic nitrogens is 1. The Hall–Kier alpha value is -3.04. The first kappa shape index (κ1) is 19.7. The van der Waals surface area contributed by atoms with Crippen molar-refractivity contribution < 1.29 is 23.9 Å². The fourth-order valence-corrected chi connectivity index (χ4v) is 3.15. The van der Waals surface area contributed by atoms with Crippen molar-refractivity contribution in [3.8, 4) is 0 Å². The second-order valence-electron chi connectivity index (χ2n) is 6.60. The van der Waals surface area contributed by atoms with Crippen molar-refractivity contribution in [2.75, 3.05) is 55.7 Å². The fourth-order valence-electron chi connectivity index (χ4n) is 3.15. The quantitative estimate of drug-likeness (QED) is 0.792. The average Bonchev–Trinajstić information content (AvgIpc) is 3.07. The molecular formula is C18H25N5O5. The van der Waals surface area contributed by atoms with Crippen LogP contribution in [0.4, 0.5) is 21.1 Å². The monoisotopic (exact) mass is 391 g/mol. The second-order valence-corrected chi connectivity index (χ2v) is 6.60. The third-order valence-corrected chi connectivity index (χ3v) is 4.63. The van der Waals surface area contributed by atoms with E-state index in [4.69, 9.17) is 9.47 Å². The molecule has 3 heterocycles. The van der Waals surface area contributed by atoms with E-state index >= 15 is 0 Å². The van der Waals surface area contributed by atoms with Crippen molar-refractivity contribution in [1.82, 2.24) is 15.2 Å². The molecule has 2 aliphatic heterocycles. The molecule has 0 radical (unpaired) electrons. The Kier molecular flexibility index (Phi) is 6.17. The molecule has 0 bridgehead atoms. The van der Waals surface area contributed by atoms with Gasteiger partial charge in [0.15, 0.2) is 0 Å². The minimum absolute atomic E-state index is 0.163. The first-order valence-electron chi connectivity index (χ1n) is 9.33. The van der Waals surface area contributed by atoms with Crippen LogP contribution in [0.5, 0.6) is 0 Å². The summed E-state index contributed by atoms with van der Waals surface area (Å²) in [7, 11) is 0. The average molecular weight is 391 g/mol. The maximum Gasteiger partial charge on any atom is 0.414 e. The van der Waals surface area contributed by atoms with Gasteiger partial charge in [0.1, 0.15) is 11.9 Å². The first-order valence-corrected chi connectivity index (χ1v) is 9.33. The Balaban J connectivity index is 1.55. The summed E-state index contributed by atoms with van der Waals surface area (Å²) in [6.07, 6.45) is 0.515. The second kappa shape index (κ2) is 8.77. The number of amides is 3. The van der Waals surface area contributed by atoms with Gasteiger partial charge in [0.25, 0.3) is 0 Å². The molecule has 10 nitrogen and oxygen atoms in total. The van der Waals surface area contributed by atoms with E-state index in [2.05, 4.69) is 15.2 Å². The summed E-state index contributed by atoms with van der Waals surface area (Å²) in [5.41, 5.74) is 0.643. The topological polar surface area (TPSA) is 104 Å². The molecule has 1 aromatic heterocycles. The molecule has 10 heteroatoms.